The SMILES string of the molecule is CC(C)C1CC(=O)OC([C@H](C)C2=CC(=O)C3C4C(OC(=O)c5ccccc5)C(OC(=O)c5ccccc5)C5CC(OC(=O)c6ccccc6)CC(OC(=O)c6ccccc6)[C@]5(C)C4CC[C@]23C)C1. The number of carbonyl (C=O) groups is 6. The highest BCUT2D eigenvalue weighted by atomic mass is 16.6. The summed E-state index contributed by atoms with van der Waals surface area (Å²) in [4.78, 5) is 85.6. The predicted octanol–water partition coefficient (Wildman–Crippen LogP) is 10.1. The van der Waals surface area contributed by atoms with Crippen molar-refractivity contribution in [3.63, 3.8) is 0 Å². The summed E-state index contributed by atoms with van der Waals surface area (Å²) in [5.74, 6) is -5.41. The van der Waals surface area contributed by atoms with E-state index < -0.39 is 88.9 Å². The molecule has 9 rings (SSSR count). The summed E-state index contributed by atoms with van der Waals surface area (Å²) in [5.41, 5.74) is 0.304. The molecule has 4 aliphatic carbocycles. The number of benzene rings is 4. The van der Waals surface area contributed by atoms with Crippen molar-refractivity contribution < 1.29 is 52.5 Å². The second-order valence-electron chi connectivity index (χ2n) is 20.4. The lowest BCUT2D eigenvalue weighted by Crippen LogP contribution is -2.70. The van der Waals surface area contributed by atoms with E-state index in [1.165, 1.54) is 0 Å². The van der Waals surface area contributed by atoms with Gasteiger partial charge in [0.15, 0.2) is 5.78 Å². The molecule has 11 nitrogen and oxygen atoms in total. The molecule has 10 unspecified atom stereocenters. The maximum absolute atomic E-state index is 15.2. The molecule has 1 heterocycles. The van der Waals surface area contributed by atoms with E-state index in [-0.39, 0.29) is 53.5 Å². The van der Waals surface area contributed by atoms with Crippen molar-refractivity contribution in [1.82, 2.24) is 0 Å². The van der Waals surface area contributed by atoms with Crippen molar-refractivity contribution in [3.8, 4) is 0 Å². The minimum atomic E-state index is -1.21. The molecule has 13 atom stereocenters. The molecule has 0 N–H and O–H groups in total. The first-order valence-electron chi connectivity index (χ1n) is 24.2. The zero-order valence-electron chi connectivity index (χ0n) is 39.3. The molecule has 0 bridgehead atoms. The molecular weight excluding hydrogens is 861 g/mol. The van der Waals surface area contributed by atoms with E-state index in [1.807, 2.05) is 19.9 Å². The summed E-state index contributed by atoms with van der Waals surface area (Å²) in [7, 11) is 0. The van der Waals surface area contributed by atoms with Gasteiger partial charge in [-0.15, -0.1) is 0 Å². The van der Waals surface area contributed by atoms with Crippen LogP contribution in [-0.2, 0) is 33.3 Å². The summed E-state index contributed by atoms with van der Waals surface area (Å²) < 4.78 is 32.5. The maximum atomic E-state index is 15.2. The van der Waals surface area contributed by atoms with Crippen LogP contribution in [0.3, 0.4) is 0 Å². The zero-order chi connectivity index (χ0) is 47.9. The maximum Gasteiger partial charge on any atom is 0.338 e. The van der Waals surface area contributed by atoms with Crippen LogP contribution in [0.2, 0.25) is 0 Å². The first-order chi connectivity index (χ1) is 32.7. The average molecular weight is 921 g/mol. The first-order valence-corrected chi connectivity index (χ1v) is 24.2. The van der Waals surface area contributed by atoms with Gasteiger partial charge in [0.25, 0.3) is 0 Å². The number of ketones is 1. The monoisotopic (exact) mass is 920 g/mol. The Labute approximate surface area is 397 Å². The summed E-state index contributed by atoms with van der Waals surface area (Å²) in [6.45, 7) is 10.4. The summed E-state index contributed by atoms with van der Waals surface area (Å²) in [6, 6.07) is 34.4. The Hall–Kier alpha value is -6.36. The molecular formula is C57H60O11. The van der Waals surface area contributed by atoms with E-state index in [0.29, 0.717) is 36.8 Å². The van der Waals surface area contributed by atoms with Gasteiger partial charge in [0.1, 0.15) is 30.5 Å². The van der Waals surface area contributed by atoms with Crippen molar-refractivity contribution in [2.75, 3.05) is 0 Å². The number of carbonyl (C=O) groups excluding carboxylic acids is 6. The number of allylic oxidation sites excluding steroid dienone is 1. The van der Waals surface area contributed by atoms with Gasteiger partial charge in [-0.2, -0.15) is 0 Å². The second-order valence-corrected chi connectivity index (χ2v) is 20.4. The van der Waals surface area contributed by atoms with E-state index in [2.05, 4.69) is 20.8 Å². The Bertz CT molecular complexity index is 2560. The van der Waals surface area contributed by atoms with Crippen LogP contribution < -0.4 is 0 Å². The Morgan fingerprint density at radius 3 is 1.60 bits per heavy atom. The van der Waals surface area contributed by atoms with E-state index in [9.17, 15) is 24.0 Å². The van der Waals surface area contributed by atoms with Gasteiger partial charge in [0.05, 0.1) is 22.3 Å². The fourth-order valence-corrected chi connectivity index (χ4v) is 12.8. The van der Waals surface area contributed by atoms with Crippen LogP contribution in [0.4, 0.5) is 0 Å². The van der Waals surface area contributed by atoms with Crippen molar-refractivity contribution in [1.29, 1.82) is 0 Å². The van der Waals surface area contributed by atoms with Crippen LogP contribution in [0.15, 0.2) is 133 Å². The molecule has 1 aliphatic heterocycles. The topological polar surface area (TPSA) is 149 Å². The van der Waals surface area contributed by atoms with E-state index in [1.54, 1.807) is 121 Å². The number of cyclic esters (lactones) is 1. The predicted molar refractivity (Wildman–Crippen MR) is 251 cm³/mol. The van der Waals surface area contributed by atoms with Crippen LogP contribution in [-0.4, -0.2) is 66.1 Å². The van der Waals surface area contributed by atoms with Gasteiger partial charge < -0.3 is 23.7 Å². The van der Waals surface area contributed by atoms with Crippen LogP contribution >= 0.6 is 0 Å². The third-order valence-electron chi connectivity index (χ3n) is 16.4. The van der Waals surface area contributed by atoms with E-state index in [4.69, 9.17) is 23.7 Å². The van der Waals surface area contributed by atoms with Crippen LogP contribution in [0, 0.1) is 52.3 Å². The standard InChI is InChI=1S/C57H60O11/c1-33(2)39-28-45(65-47(59)29-39)34(3)42-32-44(58)49-48-41(26-27-56(42,49)4)57(5)43(50(67-54(62)37-22-14-8-15-23-37)51(48)68-55(63)38-24-16-9-17-25-38)30-40(64-52(60)35-18-10-6-11-19-35)31-46(57)66-53(61)36-20-12-7-13-21-36/h6-25,32-34,39-41,43,45-46,48-51H,26-31H2,1-5H3/t34-,39?,40?,41?,43?,45?,46?,48?,49?,50?,51?,56-,57-/m1/s1. The molecule has 4 fully saturated rings. The fourth-order valence-electron chi connectivity index (χ4n) is 12.8. The van der Waals surface area contributed by atoms with Gasteiger partial charge in [0.2, 0.25) is 0 Å². The Morgan fingerprint density at radius 1 is 0.603 bits per heavy atom. The molecule has 5 aliphatic rings. The van der Waals surface area contributed by atoms with Crippen LogP contribution in [0.1, 0.15) is 115 Å². The quantitative estimate of drug-likeness (QED) is 0.105. The minimum absolute atomic E-state index is 0.127. The van der Waals surface area contributed by atoms with Gasteiger partial charge in [-0.1, -0.05) is 113 Å². The second kappa shape index (κ2) is 19.0. The minimum Gasteiger partial charge on any atom is -0.462 e. The highest BCUT2D eigenvalue weighted by molar-refractivity contribution is 5.97. The molecule has 0 amide bonds. The van der Waals surface area contributed by atoms with Crippen molar-refractivity contribution >= 4 is 35.6 Å². The van der Waals surface area contributed by atoms with Crippen molar-refractivity contribution in [3.05, 3.63) is 155 Å². The Kier molecular flexibility index (Phi) is 13.0. The van der Waals surface area contributed by atoms with Crippen molar-refractivity contribution in [2.24, 2.45) is 52.3 Å². The molecule has 0 aromatic heterocycles. The fraction of sp³-hybridized carbons (Fsp3) is 0.439. The largest absolute Gasteiger partial charge is 0.462 e. The highest BCUT2D eigenvalue weighted by Crippen LogP contribution is 2.68. The normalized spacial score (nSPS) is 32.2. The number of fused-ring (bicyclic) bond motifs is 5. The molecule has 0 spiro atoms. The average Bonchev–Trinajstić information content (AvgIpc) is 3.63. The van der Waals surface area contributed by atoms with Gasteiger partial charge in [0, 0.05) is 41.9 Å². The molecule has 4 aromatic carbocycles. The lowest BCUT2D eigenvalue weighted by atomic mass is 9.42. The highest BCUT2D eigenvalue weighted by Gasteiger charge is 2.71. The molecule has 4 aromatic rings. The third kappa shape index (κ3) is 8.69. The number of esters is 5. The summed E-state index contributed by atoms with van der Waals surface area (Å²) in [6.07, 6.45) is -0.444. The number of ether oxygens (including phenoxy) is 5. The van der Waals surface area contributed by atoms with Crippen LogP contribution in [0.25, 0.3) is 0 Å². The molecule has 68 heavy (non-hydrogen) atoms. The zero-order valence-corrected chi connectivity index (χ0v) is 39.3. The Balaban J connectivity index is 1.18. The summed E-state index contributed by atoms with van der Waals surface area (Å²) >= 11 is 0. The smallest absolute Gasteiger partial charge is 0.338 e. The summed E-state index contributed by atoms with van der Waals surface area (Å²) in [5, 5.41) is 0. The third-order valence-corrected chi connectivity index (χ3v) is 16.4. The molecule has 11 heteroatoms. The Morgan fingerprint density at radius 2 is 1.09 bits per heavy atom. The first kappa shape index (κ1) is 46.7. The van der Waals surface area contributed by atoms with Gasteiger partial charge >= 0.3 is 29.8 Å². The molecule has 0 radical (unpaired) electrons. The lowest BCUT2D eigenvalue weighted by molar-refractivity contribution is -0.246. The molecule has 354 valence electrons. The molecule has 3 saturated carbocycles. The van der Waals surface area contributed by atoms with Gasteiger partial charge in [-0.3, -0.25) is 9.59 Å². The van der Waals surface area contributed by atoms with E-state index >= 15 is 4.79 Å². The number of hydrogen-bond acceptors (Lipinski definition) is 11. The number of rotatable bonds is 11. The molecule has 1 saturated heterocycles. The van der Waals surface area contributed by atoms with Gasteiger partial charge in [-0.25, -0.2) is 19.2 Å². The van der Waals surface area contributed by atoms with E-state index in [0.717, 1.165) is 5.57 Å². The van der Waals surface area contributed by atoms with Gasteiger partial charge in [-0.05, 0) is 103 Å². The van der Waals surface area contributed by atoms with Crippen molar-refractivity contribution in [2.45, 2.75) is 104 Å². The van der Waals surface area contributed by atoms with Crippen LogP contribution in [0.5, 0.6) is 0 Å². The number of hydrogen-bond donors (Lipinski definition) is 0. The lowest BCUT2D eigenvalue weighted by Gasteiger charge is -2.65.